The molecule has 7 nitrogen and oxygen atoms in total. The predicted molar refractivity (Wildman–Crippen MR) is 75.2 cm³/mol. The fraction of sp³-hybridized carbons (Fsp3) is 0.250. The summed E-state index contributed by atoms with van der Waals surface area (Å²) in [5, 5.41) is 0. The molecule has 20 heavy (non-hydrogen) atoms. The van der Waals surface area contributed by atoms with Crippen LogP contribution < -0.4 is 15.2 Å². The third-order valence-electron chi connectivity index (χ3n) is 2.22. The zero-order valence-electron chi connectivity index (χ0n) is 11.1. The van der Waals surface area contributed by atoms with Gasteiger partial charge in [0.15, 0.2) is 0 Å². The molecule has 0 aliphatic heterocycles. The number of nitrogens with two attached hydrogens (primary N) is 1. The van der Waals surface area contributed by atoms with Crippen molar-refractivity contribution in [2.45, 2.75) is 6.92 Å². The van der Waals surface area contributed by atoms with E-state index in [0.29, 0.717) is 5.56 Å². The number of amides is 1. The van der Waals surface area contributed by atoms with Crippen LogP contribution in [-0.4, -0.2) is 28.2 Å². The van der Waals surface area contributed by atoms with E-state index in [2.05, 4.69) is 21.3 Å². The summed E-state index contributed by atoms with van der Waals surface area (Å²) in [6, 6.07) is 4.81. The Bertz CT molecular complexity index is 659. The SMILES string of the molecule is COC(=O)NS(=O)(=O)Nc1ccc(C)c(C#CCN)c1. The van der Waals surface area contributed by atoms with Gasteiger partial charge in [0, 0.05) is 5.56 Å². The van der Waals surface area contributed by atoms with Gasteiger partial charge in [-0.3, -0.25) is 4.72 Å². The minimum Gasteiger partial charge on any atom is -0.452 e. The minimum absolute atomic E-state index is 0.208. The molecular weight excluding hydrogens is 282 g/mol. The normalized spacial score (nSPS) is 10.2. The van der Waals surface area contributed by atoms with E-state index >= 15 is 0 Å². The summed E-state index contributed by atoms with van der Waals surface area (Å²) in [7, 11) is -2.98. The van der Waals surface area contributed by atoms with E-state index < -0.39 is 16.3 Å². The Morgan fingerprint density at radius 2 is 2.15 bits per heavy atom. The number of hydrogen-bond donors (Lipinski definition) is 3. The van der Waals surface area contributed by atoms with Gasteiger partial charge in [0.2, 0.25) is 0 Å². The van der Waals surface area contributed by atoms with Gasteiger partial charge in [-0.25, -0.2) is 9.52 Å². The summed E-state index contributed by atoms with van der Waals surface area (Å²) in [6.45, 7) is 2.05. The smallest absolute Gasteiger partial charge is 0.422 e. The summed E-state index contributed by atoms with van der Waals surface area (Å²) in [5.74, 6) is 5.52. The standard InChI is InChI=1S/C12H15N3O4S/c1-9-5-6-11(8-10(9)4-3-7-13)14-20(17,18)15-12(16)19-2/h5-6,8,14H,7,13H2,1-2H3,(H,15,16). The van der Waals surface area contributed by atoms with Crippen molar-refractivity contribution in [3.05, 3.63) is 29.3 Å². The topological polar surface area (TPSA) is 111 Å². The number of ether oxygens (including phenoxy) is 1. The molecule has 0 saturated heterocycles. The number of aryl methyl sites for hydroxylation is 1. The van der Waals surface area contributed by atoms with Gasteiger partial charge in [-0.2, -0.15) is 8.42 Å². The van der Waals surface area contributed by atoms with Gasteiger partial charge >= 0.3 is 16.3 Å². The second-order valence-corrected chi connectivity index (χ2v) is 5.15. The van der Waals surface area contributed by atoms with E-state index in [4.69, 9.17) is 5.73 Å². The number of carbonyl (C=O) groups is 1. The van der Waals surface area contributed by atoms with Crippen LogP contribution in [0.15, 0.2) is 18.2 Å². The Kier molecular flexibility index (Phi) is 5.37. The molecule has 108 valence electrons. The fourth-order valence-corrected chi connectivity index (χ4v) is 2.09. The van der Waals surface area contributed by atoms with Crippen LogP contribution in [0.5, 0.6) is 0 Å². The molecule has 0 bridgehead atoms. The molecule has 4 N–H and O–H groups in total. The van der Waals surface area contributed by atoms with Crippen LogP contribution >= 0.6 is 0 Å². The maximum Gasteiger partial charge on any atom is 0.422 e. The Morgan fingerprint density at radius 3 is 2.75 bits per heavy atom. The van der Waals surface area contributed by atoms with Crippen molar-refractivity contribution in [3.8, 4) is 11.8 Å². The zero-order chi connectivity index (χ0) is 15.2. The highest BCUT2D eigenvalue weighted by molar-refractivity contribution is 7.91. The van der Waals surface area contributed by atoms with E-state index in [1.165, 1.54) is 0 Å². The largest absolute Gasteiger partial charge is 0.452 e. The number of anilines is 1. The van der Waals surface area contributed by atoms with Gasteiger partial charge in [0.1, 0.15) is 0 Å². The van der Waals surface area contributed by atoms with E-state index in [1.807, 2.05) is 6.92 Å². The van der Waals surface area contributed by atoms with Gasteiger partial charge in [0.05, 0.1) is 19.3 Å². The molecule has 0 heterocycles. The van der Waals surface area contributed by atoms with Gasteiger partial charge < -0.3 is 10.5 Å². The van der Waals surface area contributed by atoms with Crippen molar-refractivity contribution in [3.63, 3.8) is 0 Å². The van der Waals surface area contributed by atoms with Gasteiger partial charge in [-0.1, -0.05) is 17.9 Å². The number of carbonyl (C=O) groups excluding carboxylic acids is 1. The van der Waals surface area contributed by atoms with E-state index in [1.54, 1.807) is 22.9 Å². The third-order valence-corrected chi connectivity index (χ3v) is 3.16. The van der Waals surface area contributed by atoms with Crippen molar-refractivity contribution in [2.24, 2.45) is 5.73 Å². The number of rotatable bonds is 3. The van der Waals surface area contributed by atoms with Crippen LogP contribution in [0.4, 0.5) is 10.5 Å². The average Bonchev–Trinajstić information content (AvgIpc) is 2.38. The van der Waals surface area contributed by atoms with Crippen LogP contribution in [0.3, 0.4) is 0 Å². The summed E-state index contributed by atoms with van der Waals surface area (Å²) >= 11 is 0. The highest BCUT2D eigenvalue weighted by Crippen LogP contribution is 2.15. The van der Waals surface area contributed by atoms with Gasteiger partial charge in [0.25, 0.3) is 0 Å². The summed E-state index contributed by atoms with van der Waals surface area (Å²) in [5.41, 5.74) is 7.09. The van der Waals surface area contributed by atoms with E-state index in [9.17, 15) is 13.2 Å². The Labute approximate surface area is 117 Å². The lowest BCUT2D eigenvalue weighted by molar-refractivity contribution is 0.177. The van der Waals surface area contributed by atoms with Crippen LogP contribution in [0.2, 0.25) is 0 Å². The third kappa shape index (κ3) is 4.79. The number of methoxy groups -OCH3 is 1. The molecule has 0 fully saturated rings. The zero-order valence-corrected chi connectivity index (χ0v) is 11.9. The maximum absolute atomic E-state index is 11.6. The number of hydrogen-bond acceptors (Lipinski definition) is 5. The molecular formula is C12H15N3O4S. The van der Waals surface area contributed by atoms with Crippen LogP contribution in [0, 0.1) is 18.8 Å². The van der Waals surface area contributed by atoms with Crippen molar-refractivity contribution in [1.29, 1.82) is 0 Å². The summed E-state index contributed by atoms with van der Waals surface area (Å²) < 4.78 is 31.3. The monoisotopic (exact) mass is 297 g/mol. The van der Waals surface area contributed by atoms with Crippen LogP contribution in [0.1, 0.15) is 11.1 Å². The molecule has 8 heteroatoms. The Balaban J connectivity index is 2.96. The maximum atomic E-state index is 11.6. The molecule has 1 aromatic carbocycles. The van der Waals surface area contributed by atoms with Crippen molar-refractivity contribution in [1.82, 2.24) is 4.72 Å². The Hall–Kier alpha value is -2.24. The minimum atomic E-state index is -4.04. The van der Waals surface area contributed by atoms with E-state index in [0.717, 1.165) is 12.7 Å². The first-order chi connectivity index (χ1) is 9.38. The summed E-state index contributed by atoms with van der Waals surface area (Å²) in [6.07, 6.45) is -1.08. The molecule has 0 aliphatic rings. The molecule has 0 atom stereocenters. The van der Waals surface area contributed by atoms with Crippen molar-refractivity contribution < 1.29 is 17.9 Å². The quantitative estimate of drug-likeness (QED) is 0.696. The molecule has 0 unspecified atom stereocenters. The highest BCUT2D eigenvalue weighted by Gasteiger charge is 2.14. The Morgan fingerprint density at radius 1 is 1.45 bits per heavy atom. The molecule has 0 radical (unpaired) electrons. The lowest BCUT2D eigenvalue weighted by Gasteiger charge is -2.09. The molecule has 0 saturated carbocycles. The first kappa shape index (κ1) is 15.8. The number of nitrogens with one attached hydrogen (secondary N) is 2. The first-order valence-electron chi connectivity index (χ1n) is 5.56. The summed E-state index contributed by atoms with van der Waals surface area (Å²) in [4.78, 5) is 10.9. The average molecular weight is 297 g/mol. The highest BCUT2D eigenvalue weighted by atomic mass is 32.2. The van der Waals surface area contributed by atoms with Crippen molar-refractivity contribution in [2.75, 3.05) is 18.4 Å². The van der Waals surface area contributed by atoms with E-state index in [-0.39, 0.29) is 12.2 Å². The lowest BCUT2D eigenvalue weighted by atomic mass is 10.1. The lowest BCUT2D eigenvalue weighted by Crippen LogP contribution is -2.35. The number of benzene rings is 1. The molecule has 0 aromatic heterocycles. The van der Waals surface area contributed by atoms with Crippen molar-refractivity contribution >= 4 is 22.0 Å². The van der Waals surface area contributed by atoms with Gasteiger partial charge in [-0.05, 0) is 24.6 Å². The fourth-order valence-electron chi connectivity index (χ4n) is 1.30. The second-order valence-electron chi connectivity index (χ2n) is 3.73. The predicted octanol–water partition coefficient (Wildman–Crippen LogP) is 0.318. The van der Waals surface area contributed by atoms with Crippen LogP contribution in [-0.2, 0) is 14.9 Å². The molecule has 1 rings (SSSR count). The molecule has 0 spiro atoms. The van der Waals surface area contributed by atoms with Gasteiger partial charge in [-0.15, -0.1) is 0 Å². The molecule has 1 aromatic rings. The van der Waals surface area contributed by atoms with Crippen LogP contribution in [0.25, 0.3) is 0 Å². The molecule has 0 aliphatic carbocycles. The first-order valence-corrected chi connectivity index (χ1v) is 7.04. The second kappa shape index (κ2) is 6.79. The molecule has 1 amide bonds.